The highest BCUT2D eigenvalue weighted by Crippen LogP contribution is 2.28. The molecule has 1 aliphatic carbocycles. The van der Waals surface area contributed by atoms with Crippen LogP contribution in [0, 0.1) is 0 Å². The fraction of sp³-hybridized carbons (Fsp3) is 0.938. The zero-order chi connectivity index (χ0) is 16.3. The van der Waals surface area contributed by atoms with Gasteiger partial charge in [-0.15, -0.1) is 0 Å². The van der Waals surface area contributed by atoms with Crippen LogP contribution >= 0.6 is 0 Å². The Labute approximate surface area is 139 Å². The maximum Gasteiger partial charge on any atom is 0.237 e. The van der Waals surface area contributed by atoms with Gasteiger partial charge >= 0.3 is 0 Å². The van der Waals surface area contributed by atoms with Crippen LogP contribution in [0.3, 0.4) is 0 Å². The SMILES string of the molecule is O=C(CN1CCOCC1)N(C1CCCCC1)C1CCS(=O)(=O)C1. The minimum atomic E-state index is -2.97. The van der Waals surface area contributed by atoms with E-state index in [1.165, 1.54) is 6.42 Å². The lowest BCUT2D eigenvalue weighted by Gasteiger charge is -2.39. The van der Waals surface area contributed by atoms with Crippen molar-refractivity contribution in [3.05, 3.63) is 0 Å². The van der Waals surface area contributed by atoms with Crippen molar-refractivity contribution >= 4 is 15.7 Å². The van der Waals surface area contributed by atoms with Gasteiger partial charge in [0.1, 0.15) is 0 Å². The van der Waals surface area contributed by atoms with Crippen LogP contribution in [-0.2, 0) is 19.4 Å². The highest BCUT2D eigenvalue weighted by atomic mass is 32.2. The number of nitrogens with zero attached hydrogens (tertiary/aromatic N) is 2. The van der Waals surface area contributed by atoms with Crippen molar-refractivity contribution in [1.29, 1.82) is 0 Å². The summed E-state index contributed by atoms with van der Waals surface area (Å²) in [5, 5.41) is 0. The van der Waals surface area contributed by atoms with E-state index in [1.54, 1.807) is 0 Å². The summed E-state index contributed by atoms with van der Waals surface area (Å²) in [6.07, 6.45) is 6.16. The van der Waals surface area contributed by atoms with E-state index in [4.69, 9.17) is 4.74 Å². The molecule has 0 aromatic heterocycles. The molecule has 1 unspecified atom stereocenters. The molecule has 2 saturated heterocycles. The normalized spacial score (nSPS) is 29.5. The van der Waals surface area contributed by atoms with Crippen molar-refractivity contribution in [1.82, 2.24) is 9.80 Å². The lowest BCUT2D eigenvalue weighted by atomic mass is 9.92. The van der Waals surface area contributed by atoms with Gasteiger partial charge in [0.2, 0.25) is 5.91 Å². The van der Waals surface area contributed by atoms with Crippen LogP contribution in [-0.4, -0.2) is 80.6 Å². The maximum absolute atomic E-state index is 13.0. The third kappa shape index (κ3) is 4.45. The van der Waals surface area contributed by atoms with Crippen molar-refractivity contribution < 1.29 is 17.9 Å². The van der Waals surface area contributed by atoms with Crippen LogP contribution in [0.15, 0.2) is 0 Å². The summed E-state index contributed by atoms with van der Waals surface area (Å²) in [6.45, 7) is 3.32. The van der Waals surface area contributed by atoms with Crippen molar-refractivity contribution in [2.45, 2.75) is 50.6 Å². The summed E-state index contributed by atoms with van der Waals surface area (Å²) in [5.74, 6) is 0.491. The quantitative estimate of drug-likeness (QED) is 0.750. The molecule has 2 aliphatic heterocycles. The third-order valence-corrected chi connectivity index (χ3v) is 7.07. The van der Waals surface area contributed by atoms with Gasteiger partial charge in [0, 0.05) is 25.2 Å². The number of hydrogen-bond donors (Lipinski definition) is 0. The fourth-order valence-corrected chi connectivity index (χ4v) is 5.80. The van der Waals surface area contributed by atoms with E-state index in [0.717, 1.165) is 38.8 Å². The van der Waals surface area contributed by atoms with E-state index in [0.29, 0.717) is 26.2 Å². The molecule has 1 atom stereocenters. The maximum atomic E-state index is 13.0. The summed E-state index contributed by atoms with van der Waals surface area (Å²) in [4.78, 5) is 17.0. The Morgan fingerprint density at radius 2 is 1.74 bits per heavy atom. The van der Waals surface area contributed by atoms with Crippen LogP contribution in [0.2, 0.25) is 0 Å². The Hall–Kier alpha value is -0.660. The number of sulfone groups is 1. The number of carbonyl (C=O) groups is 1. The first-order chi connectivity index (χ1) is 11.1. The van der Waals surface area contributed by atoms with Gasteiger partial charge in [-0.25, -0.2) is 8.42 Å². The molecule has 0 aromatic carbocycles. The summed E-state index contributed by atoms with van der Waals surface area (Å²) in [6, 6.07) is 0.118. The van der Waals surface area contributed by atoms with Crippen LogP contribution in [0.25, 0.3) is 0 Å². The van der Waals surface area contributed by atoms with E-state index in [-0.39, 0.29) is 29.5 Å². The van der Waals surface area contributed by atoms with Crippen molar-refractivity contribution in [3.63, 3.8) is 0 Å². The molecular formula is C16H28N2O4S. The van der Waals surface area contributed by atoms with Gasteiger partial charge in [-0.1, -0.05) is 19.3 Å². The highest BCUT2D eigenvalue weighted by Gasteiger charge is 2.38. The molecule has 23 heavy (non-hydrogen) atoms. The number of hydrogen-bond acceptors (Lipinski definition) is 5. The van der Waals surface area contributed by atoms with Crippen molar-refractivity contribution in [3.8, 4) is 0 Å². The molecule has 0 radical (unpaired) electrons. The molecule has 3 rings (SSSR count). The number of rotatable bonds is 4. The largest absolute Gasteiger partial charge is 0.379 e. The minimum Gasteiger partial charge on any atom is -0.379 e. The average molecular weight is 344 g/mol. The minimum absolute atomic E-state index is 0.112. The Balaban J connectivity index is 1.69. The van der Waals surface area contributed by atoms with Crippen LogP contribution in [0.4, 0.5) is 0 Å². The second-order valence-electron chi connectivity index (χ2n) is 7.04. The summed E-state index contributed by atoms with van der Waals surface area (Å²) in [7, 11) is -2.97. The van der Waals surface area contributed by atoms with Gasteiger partial charge in [0.15, 0.2) is 9.84 Å². The first kappa shape index (κ1) is 17.2. The van der Waals surface area contributed by atoms with Crippen molar-refractivity contribution in [2.24, 2.45) is 0 Å². The second kappa shape index (κ2) is 7.49. The van der Waals surface area contributed by atoms with Gasteiger partial charge in [-0.05, 0) is 19.3 Å². The van der Waals surface area contributed by atoms with Gasteiger partial charge < -0.3 is 9.64 Å². The number of amides is 1. The Morgan fingerprint density at radius 3 is 2.35 bits per heavy atom. The molecule has 132 valence electrons. The second-order valence-corrected chi connectivity index (χ2v) is 9.27. The van der Waals surface area contributed by atoms with Gasteiger partial charge in [-0.3, -0.25) is 9.69 Å². The van der Waals surface area contributed by atoms with Gasteiger partial charge in [0.25, 0.3) is 0 Å². The molecule has 0 bridgehead atoms. The van der Waals surface area contributed by atoms with E-state index >= 15 is 0 Å². The zero-order valence-corrected chi connectivity index (χ0v) is 14.6. The third-order valence-electron chi connectivity index (χ3n) is 5.32. The van der Waals surface area contributed by atoms with E-state index < -0.39 is 9.84 Å². The van der Waals surface area contributed by atoms with Gasteiger partial charge in [0.05, 0.1) is 31.3 Å². The smallest absolute Gasteiger partial charge is 0.237 e. The number of carbonyl (C=O) groups excluding carboxylic acids is 1. The standard InChI is InChI=1S/C16H28N2O4S/c19-16(12-17-7-9-22-10-8-17)18(14-4-2-1-3-5-14)15-6-11-23(20,21)13-15/h14-15H,1-13H2. The highest BCUT2D eigenvalue weighted by molar-refractivity contribution is 7.91. The Kier molecular flexibility index (Phi) is 5.59. The average Bonchev–Trinajstić information content (AvgIpc) is 2.89. The monoisotopic (exact) mass is 344 g/mol. The Bertz CT molecular complexity index is 510. The first-order valence-corrected chi connectivity index (χ1v) is 10.7. The number of ether oxygens (including phenoxy) is 1. The number of morpholine rings is 1. The Morgan fingerprint density at radius 1 is 1.04 bits per heavy atom. The van der Waals surface area contributed by atoms with E-state index in [1.807, 2.05) is 4.90 Å². The first-order valence-electron chi connectivity index (χ1n) is 8.87. The molecule has 0 N–H and O–H groups in total. The molecule has 2 heterocycles. The van der Waals surface area contributed by atoms with Crippen molar-refractivity contribution in [2.75, 3.05) is 44.4 Å². The van der Waals surface area contributed by atoms with Crippen LogP contribution in [0.5, 0.6) is 0 Å². The predicted molar refractivity (Wildman–Crippen MR) is 88.0 cm³/mol. The predicted octanol–water partition coefficient (Wildman–Crippen LogP) is 0.667. The topological polar surface area (TPSA) is 66.9 Å². The molecule has 3 aliphatic rings. The molecule has 1 amide bonds. The van der Waals surface area contributed by atoms with Crippen LogP contribution < -0.4 is 0 Å². The summed E-state index contributed by atoms with van der Waals surface area (Å²) < 4.78 is 29.1. The summed E-state index contributed by atoms with van der Waals surface area (Å²) >= 11 is 0. The molecule has 7 heteroatoms. The zero-order valence-electron chi connectivity index (χ0n) is 13.8. The molecule has 1 saturated carbocycles. The molecular weight excluding hydrogens is 316 g/mol. The van der Waals surface area contributed by atoms with Crippen LogP contribution in [0.1, 0.15) is 38.5 Å². The molecule has 6 nitrogen and oxygen atoms in total. The molecule has 0 aromatic rings. The van der Waals surface area contributed by atoms with Gasteiger partial charge in [-0.2, -0.15) is 0 Å². The molecule has 3 fully saturated rings. The molecule has 0 spiro atoms. The summed E-state index contributed by atoms with van der Waals surface area (Å²) in [5.41, 5.74) is 0. The lowest BCUT2D eigenvalue weighted by molar-refractivity contribution is -0.138. The lowest BCUT2D eigenvalue weighted by Crippen LogP contribution is -2.53. The van der Waals surface area contributed by atoms with E-state index in [9.17, 15) is 13.2 Å². The fourth-order valence-electron chi connectivity index (χ4n) is 4.09. The van der Waals surface area contributed by atoms with E-state index in [2.05, 4.69) is 4.90 Å².